The van der Waals surface area contributed by atoms with Crippen molar-refractivity contribution in [2.45, 2.75) is 90.2 Å². The normalized spacial score (nSPS) is 49.0. The van der Waals surface area contributed by atoms with Crippen LogP contribution >= 0.6 is 0 Å². The molecule has 0 saturated heterocycles. The van der Waals surface area contributed by atoms with Crippen LogP contribution in [0.25, 0.3) is 0 Å². The third-order valence-corrected chi connectivity index (χ3v) is 10.4. The van der Waals surface area contributed by atoms with E-state index in [0.29, 0.717) is 24.8 Å². The van der Waals surface area contributed by atoms with Gasteiger partial charge in [-0.3, -0.25) is 5.01 Å². The van der Waals surface area contributed by atoms with Gasteiger partial charge < -0.3 is 5.11 Å². The molecule has 0 bridgehead atoms. The third kappa shape index (κ3) is 2.55. The zero-order chi connectivity index (χ0) is 20.2. The molecule has 4 heteroatoms. The molecule has 1 N–H and O–H groups in total. The minimum atomic E-state index is -0.877. The first-order chi connectivity index (χ1) is 14.1. The molecule has 4 saturated carbocycles. The van der Waals surface area contributed by atoms with E-state index in [0.717, 1.165) is 42.9 Å². The molecular formula is C25H39N3O. The standard InChI is InChI=1S/C25H39N3O/c1-3-17(2)24-12-11-21-20-8-5-4-7-18(20)9-10-22(21)23(24)15-19-16-27-28(14-6-13-26)25(19,24)29/h16-23,29H,3-12,14-15H2,1-2H3. The van der Waals surface area contributed by atoms with Gasteiger partial charge in [0.1, 0.15) is 0 Å². The van der Waals surface area contributed by atoms with Gasteiger partial charge in [-0.05, 0) is 74.0 Å². The van der Waals surface area contributed by atoms with Gasteiger partial charge in [-0.25, -0.2) is 0 Å². The summed E-state index contributed by atoms with van der Waals surface area (Å²) in [5.41, 5.74) is -0.945. The molecule has 9 unspecified atom stereocenters. The number of hydrogen-bond donors (Lipinski definition) is 1. The summed E-state index contributed by atoms with van der Waals surface area (Å²) in [4.78, 5) is 0. The zero-order valence-electron chi connectivity index (χ0n) is 18.4. The second-order valence-corrected chi connectivity index (χ2v) is 11.0. The highest BCUT2D eigenvalue weighted by atomic mass is 16.3. The van der Waals surface area contributed by atoms with Crippen LogP contribution in [-0.2, 0) is 0 Å². The van der Waals surface area contributed by atoms with E-state index in [1.54, 1.807) is 0 Å². The summed E-state index contributed by atoms with van der Waals surface area (Å²) in [7, 11) is 0. The Labute approximate surface area is 176 Å². The lowest BCUT2D eigenvalue weighted by Crippen LogP contribution is -2.63. The van der Waals surface area contributed by atoms with Crippen molar-refractivity contribution in [2.24, 2.45) is 51.9 Å². The molecule has 9 atom stereocenters. The van der Waals surface area contributed by atoms with Crippen LogP contribution in [0, 0.1) is 58.2 Å². The fourth-order valence-corrected chi connectivity index (χ4v) is 9.19. The highest BCUT2D eigenvalue weighted by Gasteiger charge is 2.72. The van der Waals surface area contributed by atoms with Gasteiger partial charge in [0.15, 0.2) is 5.72 Å². The highest BCUT2D eigenvalue weighted by Crippen LogP contribution is 2.70. The van der Waals surface area contributed by atoms with Gasteiger partial charge in [0, 0.05) is 17.5 Å². The Balaban J connectivity index is 1.51. The Bertz CT molecular complexity index is 701. The minimum Gasteiger partial charge on any atom is -0.368 e. The second kappa shape index (κ2) is 7.26. The van der Waals surface area contributed by atoms with Crippen LogP contribution < -0.4 is 0 Å². The average molecular weight is 398 g/mol. The molecule has 4 fully saturated rings. The first-order valence-electron chi connectivity index (χ1n) is 12.5. The first-order valence-corrected chi connectivity index (χ1v) is 12.5. The molecule has 5 aliphatic rings. The molecule has 0 aromatic rings. The third-order valence-electron chi connectivity index (χ3n) is 10.4. The summed E-state index contributed by atoms with van der Waals surface area (Å²) >= 11 is 0. The number of nitrogens with zero attached hydrogens (tertiary/aromatic N) is 3. The van der Waals surface area contributed by atoms with Crippen molar-refractivity contribution in [2.75, 3.05) is 6.54 Å². The van der Waals surface area contributed by atoms with Gasteiger partial charge in [0.2, 0.25) is 0 Å². The van der Waals surface area contributed by atoms with E-state index in [9.17, 15) is 5.11 Å². The van der Waals surface area contributed by atoms with E-state index in [-0.39, 0.29) is 11.3 Å². The van der Waals surface area contributed by atoms with Crippen molar-refractivity contribution in [1.29, 1.82) is 5.26 Å². The van der Waals surface area contributed by atoms with Crippen molar-refractivity contribution in [3.63, 3.8) is 0 Å². The second-order valence-electron chi connectivity index (χ2n) is 11.0. The van der Waals surface area contributed by atoms with Gasteiger partial charge in [-0.1, -0.05) is 39.5 Å². The number of nitriles is 1. The summed E-state index contributed by atoms with van der Waals surface area (Å²) in [6.45, 7) is 5.25. The molecule has 4 nitrogen and oxygen atoms in total. The Kier molecular flexibility index (Phi) is 4.97. The Morgan fingerprint density at radius 1 is 1.17 bits per heavy atom. The predicted octanol–water partition coefficient (Wildman–Crippen LogP) is 5.19. The monoisotopic (exact) mass is 397 g/mol. The van der Waals surface area contributed by atoms with Gasteiger partial charge in [0.25, 0.3) is 0 Å². The Morgan fingerprint density at radius 3 is 2.79 bits per heavy atom. The maximum absolute atomic E-state index is 12.4. The van der Waals surface area contributed by atoms with Gasteiger partial charge in [-0.2, -0.15) is 10.4 Å². The fourth-order valence-electron chi connectivity index (χ4n) is 9.19. The molecule has 0 aromatic heterocycles. The highest BCUT2D eigenvalue weighted by molar-refractivity contribution is 5.66. The molecule has 5 rings (SSSR count). The van der Waals surface area contributed by atoms with E-state index >= 15 is 0 Å². The number of hydrogen-bond acceptors (Lipinski definition) is 4. The summed E-state index contributed by atoms with van der Waals surface area (Å²) in [6, 6.07) is 2.27. The molecule has 1 heterocycles. The minimum absolute atomic E-state index is 0.0684. The maximum Gasteiger partial charge on any atom is 0.167 e. The first kappa shape index (κ1) is 19.9. The van der Waals surface area contributed by atoms with Crippen LogP contribution in [0.3, 0.4) is 0 Å². The molecule has 1 aliphatic heterocycles. The summed E-state index contributed by atoms with van der Waals surface area (Å²) in [5.74, 6) is 4.86. The Hall–Kier alpha value is -1.08. The summed E-state index contributed by atoms with van der Waals surface area (Å²) in [5, 5.41) is 28.1. The van der Waals surface area contributed by atoms with Crippen molar-refractivity contribution in [3.05, 3.63) is 0 Å². The van der Waals surface area contributed by atoms with Crippen molar-refractivity contribution >= 4 is 6.21 Å². The maximum atomic E-state index is 12.4. The Morgan fingerprint density at radius 2 is 2.00 bits per heavy atom. The lowest BCUT2D eigenvalue weighted by molar-refractivity contribution is -0.235. The van der Waals surface area contributed by atoms with Crippen LogP contribution in [0.2, 0.25) is 0 Å². The van der Waals surface area contributed by atoms with E-state index in [2.05, 4.69) is 25.0 Å². The summed E-state index contributed by atoms with van der Waals surface area (Å²) in [6.07, 6.45) is 15.8. The fraction of sp³-hybridized carbons (Fsp3) is 0.920. The van der Waals surface area contributed by atoms with Crippen LogP contribution in [0.1, 0.15) is 84.5 Å². The topological polar surface area (TPSA) is 59.6 Å². The molecule has 4 aliphatic carbocycles. The molecule has 0 radical (unpaired) electrons. The van der Waals surface area contributed by atoms with Crippen LogP contribution in [0.5, 0.6) is 0 Å². The number of rotatable bonds is 4. The van der Waals surface area contributed by atoms with Crippen molar-refractivity contribution in [3.8, 4) is 6.07 Å². The largest absolute Gasteiger partial charge is 0.368 e. The molecular weight excluding hydrogens is 358 g/mol. The SMILES string of the molecule is CCC(C)C12CCC3C4CCCCC4CCC3C1CC1C=NN(CCC#N)C12O. The van der Waals surface area contributed by atoms with Crippen molar-refractivity contribution in [1.82, 2.24) is 5.01 Å². The van der Waals surface area contributed by atoms with Crippen LogP contribution in [0.4, 0.5) is 0 Å². The molecule has 0 spiro atoms. The van der Waals surface area contributed by atoms with E-state index in [4.69, 9.17) is 5.26 Å². The van der Waals surface area contributed by atoms with Crippen LogP contribution in [0.15, 0.2) is 5.10 Å². The average Bonchev–Trinajstić information content (AvgIpc) is 3.21. The lowest BCUT2D eigenvalue weighted by atomic mass is 9.47. The van der Waals surface area contributed by atoms with Gasteiger partial charge in [-0.15, -0.1) is 0 Å². The van der Waals surface area contributed by atoms with Crippen molar-refractivity contribution < 1.29 is 5.11 Å². The molecule has 29 heavy (non-hydrogen) atoms. The number of aliphatic hydroxyl groups is 1. The lowest BCUT2D eigenvalue weighted by Gasteiger charge is -2.60. The smallest absolute Gasteiger partial charge is 0.167 e. The molecule has 0 aromatic carbocycles. The van der Waals surface area contributed by atoms with Crippen LogP contribution in [-0.4, -0.2) is 28.6 Å². The number of fused-ring (bicyclic) bond motifs is 7. The zero-order valence-corrected chi connectivity index (χ0v) is 18.4. The van der Waals surface area contributed by atoms with E-state index < -0.39 is 5.72 Å². The van der Waals surface area contributed by atoms with E-state index in [1.807, 2.05) is 11.2 Å². The van der Waals surface area contributed by atoms with Gasteiger partial charge >= 0.3 is 0 Å². The van der Waals surface area contributed by atoms with E-state index in [1.165, 1.54) is 44.9 Å². The number of hydrazone groups is 1. The summed E-state index contributed by atoms with van der Waals surface area (Å²) < 4.78 is 0. The molecule has 0 amide bonds. The quantitative estimate of drug-likeness (QED) is 0.710. The van der Waals surface area contributed by atoms with Gasteiger partial charge in [0.05, 0.1) is 19.0 Å². The predicted molar refractivity (Wildman–Crippen MR) is 115 cm³/mol. The molecule has 160 valence electrons.